The number of thiazole rings is 1. The highest BCUT2D eigenvalue weighted by molar-refractivity contribution is 7.13. The first-order valence-corrected chi connectivity index (χ1v) is 11.5. The molecule has 3 amide bonds. The summed E-state index contributed by atoms with van der Waals surface area (Å²) in [5.74, 6) is 0.598. The maximum atomic E-state index is 12.8. The standard InChI is InChI=1S/C24H26N4O3S/c1-31-20-10-5-7-17(13-20)14-26-24(30)28-12-6-11-21(28)22(29)25-15-19-16-32-23(27-19)18-8-3-2-4-9-18/h2-5,7-10,13,16,21H,6,11-12,14-15H2,1H3,(H,25,29)(H,26,30)/t21-/m1/s1. The van der Waals surface area contributed by atoms with Crippen LogP contribution in [0.15, 0.2) is 60.0 Å². The number of nitrogens with one attached hydrogen (secondary N) is 2. The van der Waals surface area contributed by atoms with Crippen molar-refractivity contribution in [2.45, 2.75) is 32.0 Å². The van der Waals surface area contributed by atoms with Crippen molar-refractivity contribution in [1.82, 2.24) is 20.5 Å². The van der Waals surface area contributed by atoms with Gasteiger partial charge in [0.2, 0.25) is 5.91 Å². The number of likely N-dealkylation sites (tertiary alicyclic amines) is 1. The number of amides is 3. The van der Waals surface area contributed by atoms with E-state index in [2.05, 4.69) is 15.6 Å². The Morgan fingerprint density at radius 3 is 2.78 bits per heavy atom. The maximum Gasteiger partial charge on any atom is 0.318 e. The number of ether oxygens (including phenoxy) is 1. The number of aromatic nitrogens is 1. The Bertz CT molecular complexity index is 1070. The van der Waals surface area contributed by atoms with Crippen molar-refractivity contribution < 1.29 is 14.3 Å². The number of carbonyl (C=O) groups is 2. The number of carbonyl (C=O) groups excluding carboxylic acids is 2. The molecule has 32 heavy (non-hydrogen) atoms. The van der Waals surface area contributed by atoms with E-state index in [0.717, 1.165) is 34.0 Å². The van der Waals surface area contributed by atoms with E-state index in [0.29, 0.717) is 26.1 Å². The van der Waals surface area contributed by atoms with E-state index in [-0.39, 0.29) is 11.9 Å². The first-order valence-electron chi connectivity index (χ1n) is 10.6. The minimum Gasteiger partial charge on any atom is -0.497 e. The lowest BCUT2D eigenvalue weighted by atomic mass is 10.2. The number of benzene rings is 2. The van der Waals surface area contributed by atoms with Gasteiger partial charge in [-0.05, 0) is 30.5 Å². The molecule has 4 rings (SSSR count). The van der Waals surface area contributed by atoms with Crippen LogP contribution in [0.3, 0.4) is 0 Å². The molecule has 8 heteroatoms. The first kappa shape index (κ1) is 21.8. The largest absolute Gasteiger partial charge is 0.497 e. The number of hydrogen-bond acceptors (Lipinski definition) is 5. The van der Waals surface area contributed by atoms with Crippen LogP contribution in [0.5, 0.6) is 5.75 Å². The molecule has 1 aliphatic heterocycles. The van der Waals surface area contributed by atoms with Crippen LogP contribution in [0, 0.1) is 0 Å². The van der Waals surface area contributed by atoms with Gasteiger partial charge in [-0.1, -0.05) is 42.5 Å². The van der Waals surface area contributed by atoms with Crippen molar-refractivity contribution in [2.75, 3.05) is 13.7 Å². The molecule has 2 aromatic carbocycles. The van der Waals surface area contributed by atoms with Crippen molar-refractivity contribution in [3.8, 4) is 16.3 Å². The Labute approximate surface area is 191 Å². The zero-order valence-electron chi connectivity index (χ0n) is 17.9. The van der Waals surface area contributed by atoms with Crippen LogP contribution in [0.2, 0.25) is 0 Å². The molecule has 2 N–H and O–H groups in total. The van der Waals surface area contributed by atoms with Gasteiger partial charge in [0.1, 0.15) is 16.8 Å². The van der Waals surface area contributed by atoms with Crippen LogP contribution in [-0.4, -0.2) is 41.5 Å². The monoisotopic (exact) mass is 450 g/mol. The zero-order chi connectivity index (χ0) is 22.3. The van der Waals surface area contributed by atoms with Gasteiger partial charge in [0.15, 0.2) is 0 Å². The molecule has 0 unspecified atom stereocenters. The molecule has 1 atom stereocenters. The van der Waals surface area contributed by atoms with E-state index < -0.39 is 6.04 Å². The van der Waals surface area contributed by atoms with Crippen LogP contribution in [0.1, 0.15) is 24.1 Å². The Morgan fingerprint density at radius 1 is 1.12 bits per heavy atom. The van der Waals surface area contributed by atoms with Gasteiger partial charge in [0, 0.05) is 24.0 Å². The molecule has 0 bridgehead atoms. The highest BCUT2D eigenvalue weighted by atomic mass is 32.1. The second-order valence-electron chi connectivity index (χ2n) is 7.59. The molecule has 0 saturated carbocycles. The van der Waals surface area contributed by atoms with E-state index >= 15 is 0 Å². The molecule has 1 saturated heterocycles. The Hall–Kier alpha value is -3.39. The van der Waals surface area contributed by atoms with E-state index in [9.17, 15) is 9.59 Å². The van der Waals surface area contributed by atoms with Crippen LogP contribution in [-0.2, 0) is 17.9 Å². The predicted molar refractivity (Wildman–Crippen MR) is 124 cm³/mol. The fraction of sp³-hybridized carbons (Fsp3) is 0.292. The summed E-state index contributed by atoms with van der Waals surface area (Å²) >= 11 is 1.55. The third kappa shape index (κ3) is 5.26. The van der Waals surface area contributed by atoms with Gasteiger partial charge in [-0.3, -0.25) is 4.79 Å². The number of rotatable bonds is 7. The molecule has 2 heterocycles. The minimum absolute atomic E-state index is 0.145. The second-order valence-corrected chi connectivity index (χ2v) is 8.45. The smallest absolute Gasteiger partial charge is 0.318 e. The summed E-state index contributed by atoms with van der Waals surface area (Å²) in [6.45, 7) is 1.29. The second kappa shape index (κ2) is 10.3. The van der Waals surface area contributed by atoms with Gasteiger partial charge >= 0.3 is 6.03 Å². The van der Waals surface area contributed by atoms with Gasteiger partial charge in [0.25, 0.3) is 0 Å². The summed E-state index contributed by atoms with van der Waals surface area (Å²) in [5, 5.41) is 8.74. The van der Waals surface area contributed by atoms with Gasteiger partial charge in [-0.2, -0.15) is 0 Å². The van der Waals surface area contributed by atoms with Crippen molar-refractivity contribution >= 4 is 23.3 Å². The lowest BCUT2D eigenvalue weighted by molar-refractivity contribution is -0.124. The molecular formula is C24H26N4O3S. The highest BCUT2D eigenvalue weighted by Crippen LogP contribution is 2.23. The molecule has 3 aromatic rings. The normalized spacial score (nSPS) is 15.4. The van der Waals surface area contributed by atoms with Gasteiger partial charge in [-0.15, -0.1) is 11.3 Å². The molecule has 0 spiro atoms. The van der Waals surface area contributed by atoms with E-state index in [1.807, 2.05) is 60.0 Å². The predicted octanol–water partition coefficient (Wildman–Crippen LogP) is 3.81. The minimum atomic E-state index is -0.465. The topological polar surface area (TPSA) is 83.6 Å². The summed E-state index contributed by atoms with van der Waals surface area (Å²) in [7, 11) is 1.61. The summed E-state index contributed by atoms with van der Waals surface area (Å²) in [4.78, 5) is 31.7. The van der Waals surface area contributed by atoms with Crippen molar-refractivity contribution in [3.63, 3.8) is 0 Å². The van der Waals surface area contributed by atoms with E-state index in [1.54, 1.807) is 23.3 Å². The molecule has 0 radical (unpaired) electrons. The summed E-state index contributed by atoms with van der Waals surface area (Å²) in [6, 6.07) is 16.8. The fourth-order valence-corrected chi connectivity index (χ4v) is 4.57. The molecule has 1 aromatic heterocycles. The fourth-order valence-electron chi connectivity index (χ4n) is 3.74. The molecule has 0 aliphatic carbocycles. The number of hydrogen-bond donors (Lipinski definition) is 2. The van der Waals surface area contributed by atoms with E-state index in [1.165, 1.54) is 0 Å². The lowest BCUT2D eigenvalue weighted by Crippen LogP contribution is -2.49. The number of urea groups is 1. The molecule has 1 aliphatic rings. The SMILES string of the molecule is COc1cccc(CNC(=O)N2CCC[C@@H]2C(=O)NCc2csc(-c3ccccc3)n2)c1. The van der Waals surface area contributed by atoms with Crippen molar-refractivity contribution in [2.24, 2.45) is 0 Å². The van der Waals surface area contributed by atoms with Crippen LogP contribution >= 0.6 is 11.3 Å². The summed E-state index contributed by atoms with van der Waals surface area (Å²) in [6.07, 6.45) is 1.46. The number of methoxy groups -OCH3 is 1. The molecule has 7 nitrogen and oxygen atoms in total. The lowest BCUT2D eigenvalue weighted by Gasteiger charge is -2.24. The van der Waals surface area contributed by atoms with Gasteiger partial charge in [0.05, 0.1) is 19.3 Å². The van der Waals surface area contributed by atoms with E-state index in [4.69, 9.17) is 4.74 Å². The first-order chi connectivity index (χ1) is 15.6. The highest BCUT2D eigenvalue weighted by Gasteiger charge is 2.33. The van der Waals surface area contributed by atoms with Crippen LogP contribution in [0.4, 0.5) is 4.79 Å². The average Bonchev–Trinajstić information content (AvgIpc) is 3.52. The summed E-state index contributed by atoms with van der Waals surface area (Å²) < 4.78 is 5.22. The van der Waals surface area contributed by atoms with Crippen LogP contribution < -0.4 is 15.4 Å². The Morgan fingerprint density at radius 2 is 1.97 bits per heavy atom. The Balaban J connectivity index is 1.30. The third-order valence-corrected chi connectivity index (χ3v) is 6.35. The van der Waals surface area contributed by atoms with Crippen molar-refractivity contribution in [1.29, 1.82) is 0 Å². The van der Waals surface area contributed by atoms with Crippen molar-refractivity contribution in [3.05, 3.63) is 71.2 Å². The third-order valence-electron chi connectivity index (χ3n) is 5.41. The Kier molecular flexibility index (Phi) is 7.01. The molecule has 166 valence electrons. The molecular weight excluding hydrogens is 424 g/mol. The quantitative estimate of drug-likeness (QED) is 0.573. The van der Waals surface area contributed by atoms with Gasteiger partial charge < -0.3 is 20.3 Å². The number of nitrogens with zero attached hydrogens (tertiary/aromatic N) is 2. The molecule has 1 fully saturated rings. The summed E-state index contributed by atoms with van der Waals surface area (Å²) in [5.41, 5.74) is 2.81. The average molecular weight is 451 g/mol. The zero-order valence-corrected chi connectivity index (χ0v) is 18.7. The van der Waals surface area contributed by atoms with Crippen LogP contribution in [0.25, 0.3) is 10.6 Å². The maximum absolute atomic E-state index is 12.8. The van der Waals surface area contributed by atoms with Gasteiger partial charge in [-0.25, -0.2) is 9.78 Å².